The maximum absolute atomic E-state index is 11.7. The number of primary amides is 1. The predicted molar refractivity (Wildman–Crippen MR) is 97.6 cm³/mol. The van der Waals surface area contributed by atoms with E-state index in [9.17, 15) is 9.90 Å². The van der Waals surface area contributed by atoms with Gasteiger partial charge in [0.15, 0.2) is 14.1 Å². The van der Waals surface area contributed by atoms with Gasteiger partial charge >= 0.3 is 0 Å². The van der Waals surface area contributed by atoms with Gasteiger partial charge in [0.25, 0.3) is 0 Å². The molecule has 2 fully saturated rings. The third-order valence-electron chi connectivity index (χ3n) is 5.47. The van der Waals surface area contributed by atoms with Crippen LogP contribution in [0.1, 0.15) is 34.6 Å². The van der Waals surface area contributed by atoms with Crippen LogP contribution < -0.4 is 11.1 Å². The van der Waals surface area contributed by atoms with Gasteiger partial charge in [-0.1, -0.05) is 20.8 Å². The molecule has 0 aromatic rings. The Bertz CT molecular complexity index is 556. The minimum Gasteiger partial charge on any atom is -0.515 e. The molecule has 0 spiro atoms. The number of nitrogens with two attached hydrogens (primary N) is 1. The lowest BCUT2D eigenvalue weighted by molar-refractivity contribution is -0.156. The molecule has 2 rings (SSSR count). The second-order valence-corrected chi connectivity index (χ2v) is 13.6. The van der Waals surface area contributed by atoms with Crippen molar-refractivity contribution in [2.24, 2.45) is 5.73 Å². The van der Waals surface area contributed by atoms with Crippen molar-refractivity contribution in [2.75, 3.05) is 6.61 Å². The second-order valence-electron chi connectivity index (χ2n) is 8.84. The van der Waals surface area contributed by atoms with Crippen molar-refractivity contribution in [3.8, 4) is 0 Å². The number of nitrogens with one attached hydrogen (secondary N) is 1. The molecule has 2 heterocycles. The highest BCUT2D eigenvalue weighted by molar-refractivity contribution is 6.74. The van der Waals surface area contributed by atoms with Gasteiger partial charge in [-0.25, -0.2) is 0 Å². The van der Waals surface area contributed by atoms with E-state index in [0.29, 0.717) is 6.61 Å². The number of hydrogen-bond donors (Lipinski definition) is 3. The maximum atomic E-state index is 11.7. The number of fused-ring (bicyclic) bond motifs is 1. The third kappa shape index (κ3) is 4.08. The van der Waals surface area contributed by atoms with Crippen LogP contribution in [0.15, 0.2) is 11.8 Å². The van der Waals surface area contributed by atoms with E-state index in [1.165, 1.54) is 0 Å². The number of aliphatic hydroxyl groups excluding tert-OH is 1. The Kier molecular flexibility index (Phi) is 5.43. The van der Waals surface area contributed by atoms with Crippen LogP contribution in [0.2, 0.25) is 18.1 Å². The summed E-state index contributed by atoms with van der Waals surface area (Å²) in [5.74, 6) is -1.44. The lowest BCUT2D eigenvalue weighted by Gasteiger charge is -2.37. The summed E-state index contributed by atoms with van der Waals surface area (Å²) in [4.78, 5) is 11.7. The molecule has 8 heteroatoms. The summed E-state index contributed by atoms with van der Waals surface area (Å²) in [5, 5.41) is 12.8. The molecule has 2 saturated heterocycles. The Morgan fingerprint density at radius 2 is 1.88 bits per heavy atom. The zero-order valence-electron chi connectivity index (χ0n) is 16.3. The van der Waals surface area contributed by atoms with Gasteiger partial charge in [0.1, 0.15) is 12.2 Å². The van der Waals surface area contributed by atoms with Gasteiger partial charge in [-0.3, -0.25) is 10.1 Å². The van der Waals surface area contributed by atoms with Gasteiger partial charge in [-0.15, -0.1) is 0 Å². The Balaban J connectivity index is 2.18. The first kappa shape index (κ1) is 20.4. The second kappa shape index (κ2) is 6.66. The summed E-state index contributed by atoms with van der Waals surface area (Å²) in [5.41, 5.74) is 5.48. The van der Waals surface area contributed by atoms with Gasteiger partial charge in [0.2, 0.25) is 5.91 Å². The molecule has 0 aromatic carbocycles. The Hall–Kier alpha value is -0.933. The quantitative estimate of drug-likeness (QED) is 0.386. The van der Waals surface area contributed by atoms with E-state index >= 15 is 0 Å². The minimum atomic E-state index is -1.92. The predicted octanol–water partition coefficient (Wildman–Crippen LogP) is 1.80. The molecule has 25 heavy (non-hydrogen) atoms. The summed E-state index contributed by atoms with van der Waals surface area (Å²) in [6.07, 6.45) is 0.0657. The summed E-state index contributed by atoms with van der Waals surface area (Å²) in [6, 6.07) is -0.678. The van der Waals surface area contributed by atoms with Crippen LogP contribution in [0, 0.1) is 0 Å². The van der Waals surface area contributed by atoms with Crippen molar-refractivity contribution in [3.05, 3.63) is 11.8 Å². The smallest absolute Gasteiger partial charge is 0.249 e. The van der Waals surface area contributed by atoms with Gasteiger partial charge in [-0.2, -0.15) is 0 Å². The number of amides is 1. The van der Waals surface area contributed by atoms with Gasteiger partial charge < -0.3 is 24.7 Å². The van der Waals surface area contributed by atoms with Crippen molar-refractivity contribution in [1.82, 2.24) is 5.32 Å². The monoisotopic (exact) mass is 372 g/mol. The van der Waals surface area contributed by atoms with Crippen LogP contribution >= 0.6 is 0 Å². The number of ether oxygens (including phenoxy) is 2. The summed E-state index contributed by atoms with van der Waals surface area (Å²) < 4.78 is 18.3. The van der Waals surface area contributed by atoms with Crippen LogP contribution in [0.3, 0.4) is 0 Å². The summed E-state index contributed by atoms with van der Waals surface area (Å²) >= 11 is 0. The fourth-order valence-electron chi connectivity index (χ4n) is 3.03. The molecule has 4 N–H and O–H groups in total. The molecular weight excluding hydrogens is 340 g/mol. The highest BCUT2D eigenvalue weighted by Gasteiger charge is 2.55. The van der Waals surface area contributed by atoms with Gasteiger partial charge in [0.05, 0.1) is 30.5 Å². The molecular formula is C17H32N2O5Si. The normalized spacial score (nSPS) is 32.7. The lowest BCUT2D eigenvalue weighted by atomic mass is 10.0. The van der Waals surface area contributed by atoms with Crippen LogP contribution in [0.4, 0.5) is 0 Å². The number of carbonyl (C=O) groups is 1. The first-order valence-corrected chi connectivity index (χ1v) is 11.6. The first-order chi connectivity index (χ1) is 11.3. The highest BCUT2D eigenvalue weighted by Crippen LogP contribution is 2.40. The van der Waals surface area contributed by atoms with E-state index in [1.807, 2.05) is 13.8 Å². The van der Waals surface area contributed by atoms with E-state index in [2.05, 4.69) is 39.2 Å². The van der Waals surface area contributed by atoms with Crippen LogP contribution in [-0.4, -0.2) is 56.0 Å². The van der Waals surface area contributed by atoms with Crippen LogP contribution in [0.25, 0.3) is 0 Å². The van der Waals surface area contributed by atoms with Crippen LogP contribution in [-0.2, 0) is 18.7 Å². The largest absolute Gasteiger partial charge is 0.515 e. The molecule has 1 amide bonds. The Morgan fingerprint density at radius 3 is 2.36 bits per heavy atom. The Labute approximate surface area is 151 Å². The standard InChI is InChI=1S/C17H32N2O5Si/c1-16(2,3)25(6,7)22-9-11-13-14(24-17(4,5)23-13)12(19-11)10(8-20)15(18)21/h8,11-14,19-20H,9H2,1-7H3,(H2,18,21)/b10-8-/t11-,12?,13-,14+/m1/s1. The number of hydrogen-bond acceptors (Lipinski definition) is 6. The van der Waals surface area contributed by atoms with E-state index < -0.39 is 32.2 Å². The SMILES string of the molecule is CC1(C)O[C@@H]2[C@@H](CO[Si](C)(C)C(C)(C)C)NC(/C(=C/O)C(N)=O)[C@@H]2O1. The van der Waals surface area contributed by atoms with E-state index in [4.69, 9.17) is 19.6 Å². The number of aliphatic hydroxyl groups is 1. The molecule has 2 aliphatic heterocycles. The van der Waals surface area contributed by atoms with Crippen molar-refractivity contribution < 1.29 is 23.8 Å². The minimum absolute atomic E-state index is 0.0890. The highest BCUT2D eigenvalue weighted by atomic mass is 28.4. The Morgan fingerprint density at radius 1 is 1.32 bits per heavy atom. The van der Waals surface area contributed by atoms with Gasteiger partial charge in [0, 0.05) is 0 Å². The average Bonchev–Trinajstić information content (AvgIpc) is 2.90. The number of rotatable bonds is 5. The van der Waals surface area contributed by atoms with Gasteiger partial charge in [-0.05, 0) is 32.0 Å². The zero-order valence-corrected chi connectivity index (χ0v) is 17.3. The lowest BCUT2D eigenvalue weighted by Crippen LogP contribution is -2.48. The maximum Gasteiger partial charge on any atom is 0.249 e. The van der Waals surface area contributed by atoms with E-state index in [1.54, 1.807) is 0 Å². The average molecular weight is 373 g/mol. The summed E-state index contributed by atoms with van der Waals surface area (Å²) in [7, 11) is -1.92. The molecule has 0 aromatic heterocycles. The molecule has 7 nitrogen and oxygen atoms in total. The van der Waals surface area contributed by atoms with E-state index in [-0.39, 0.29) is 22.8 Å². The molecule has 0 radical (unpaired) electrons. The zero-order chi connectivity index (χ0) is 19.2. The molecule has 0 saturated carbocycles. The third-order valence-corrected chi connectivity index (χ3v) is 9.97. The number of carbonyl (C=O) groups excluding carboxylic acids is 1. The van der Waals surface area contributed by atoms with E-state index in [0.717, 1.165) is 6.26 Å². The molecule has 1 unspecified atom stereocenters. The molecule has 4 atom stereocenters. The van der Waals surface area contributed by atoms with Crippen molar-refractivity contribution in [2.45, 2.75) is 82.8 Å². The van der Waals surface area contributed by atoms with Crippen molar-refractivity contribution >= 4 is 14.2 Å². The molecule has 0 aliphatic carbocycles. The molecule has 0 bridgehead atoms. The topological polar surface area (TPSA) is 103 Å². The van der Waals surface area contributed by atoms with Crippen LogP contribution in [0.5, 0.6) is 0 Å². The first-order valence-electron chi connectivity index (χ1n) is 8.69. The molecule has 2 aliphatic rings. The van der Waals surface area contributed by atoms with Crippen molar-refractivity contribution in [3.63, 3.8) is 0 Å². The van der Waals surface area contributed by atoms with Crippen molar-refractivity contribution in [1.29, 1.82) is 0 Å². The fourth-order valence-corrected chi connectivity index (χ4v) is 4.06. The summed E-state index contributed by atoms with van der Waals surface area (Å²) in [6.45, 7) is 15.1. The molecule has 144 valence electrons. The fraction of sp³-hybridized carbons (Fsp3) is 0.824.